The molecular formula is C14H19N3O2. The maximum atomic E-state index is 8.67. The predicted molar refractivity (Wildman–Crippen MR) is 77.9 cm³/mol. The Morgan fingerprint density at radius 2 is 2.26 bits per heavy atom. The Morgan fingerprint density at radius 1 is 1.42 bits per heavy atom. The number of aliphatic hydroxyl groups is 1. The summed E-state index contributed by atoms with van der Waals surface area (Å²) in [6.45, 7) is 8.42. The van der Waals surface area contributed by atoms with Gasteiger partial charge in [-0.2, -0.15) is 5.10 Å². The number of nitrogens with one attached hydrogen (secondary N) is 1. The summed E-state index contributed by atoms with van der Waals surface area (Å²) < 4.78 is 5.51. The second kappa shape index (κ2) is 9.02. The number of ether oxygens (including phenoxy) is 1. The second-order valence-corrected chi connectivity index (χ2v) is 3.76. The molecular weight excluding hydrogens is 242 g/mol. The van der Waals surface area contributed by atoms with E-state index in [1.54, 1.807) is 0 Å². The fourth-order valence-electron chi connectivity index (χ4n) is 1.49. The van der Waals surface area contributed by atoms with Crippen molar-refractivity contribution in [3.63, 3.8) is 0 Å². The molecule has 0 saturated carbocycles. The third-order valence-electron chi connectivity index (χ3n) is 2.34. The van der Waals surface area contributed by atoms with Crippen LogP contribution in [0.1, 0.15) is 5.56 Å². The van der Waals surface area contributed by atoms with Crippen molar-refractivity contribution < 1.29 is 9.84 Å². The minimum atomic E-state index is 0.150. The molecule has 5 nitrogen and oxygen atoms in total. The van der Waals surface area contributed by atoms with E-state index in [1.807, 2.05) is 24.3 Å². The second-order valence-electron chi connectivity index (χ2n) is 3.76. The molecule has 19 heavy (non-hydrogen) atoms. The summed E-state index contributed by atoms with van der Waals surface area (Å²) >= 11 is 0. The topological polar surface area (TPSA) is 66.2 Å². The molecule has 0 unspecified atom stereocenters. The summed E-state index contributed by atoms with van der Waals surface area (Å²) in [4.78, 5) is 0. The van der Waals surface area contributed by atoms with Crippen molar-refractivity contribution in [1.82, 2.24) is 5.32 Å². The summed E-state index contributed by atoms with van der Waals surface area (Å²) in [5.41, 5.74) is 1.14. The molecule has 0 saturated heterocycles. The smallest absolute Gasteiger partial charge is 0.238 e. The van der Waals surface area contributed by atoms with Gasteiger partial charge in [-0.05, 0) is 36.7 Å². The van der Waals surface area contributed by atoms with Gasteiger partial charge < -0.3 is 15.2 Å². The molecule has 0 aliphatic heterocycles. The quantitative estimate of drug-likeness (QED) is 0.322. The molecule has 5 heteroatoms. The van der Waals surface area contributed by atoms with E-state index >= 15 is 0 Å². The Balaban J connectivity index is 2.58. The van der Waals surface area contributed by atoms with Crippen LogP contribution < -0.4 is 10.1 Å². The van der Waals surface area contributed by atoms with Gasteiger partial charge in [0, 0.05) is 13.3 Å². The van der Waals surface area contributed by atoms with Crippen LogP contribution in [-0.4, -0.2) is 37.4 Å². The molecule has 0 atom stereocenters. The zero-order valence-electron chi connectivity index (χ0n) is 10.9. The highest BCUT2D eigenvalue weighted by Crippen LogP contribution is 2.14. The maximum absolute atomic E-state index is 8.67. The van der Waals surface area contributed by atoms with Gasteiger partial charge >= 0.3 is 0 Å². The minimum absolute atomic E-state index is 0.150. The largest absolute Gasteiger partial charge is 0.438 e. The normalized spacial score (nSPS) is 11.1. The van der Waals surface area contributed by atoms with E-state index in [0.29, 0.717) is 18.2 Å². The monoisotopic (exact) mass is 261 g/mol. The molecule has 0 aliphatic rings. The third-order valence-corrected chi connectivity index (χ3v) is 2.34. The van der Waals surface area contributed by atoms with E-state index in [4.69, 9.17) is 9.84 Å². The summed E-state index contributed by atoms with van der Waals surface area (Å²) in [7, 11) is 0. The Morgan fingerprint density at radius 3 is 2.95 bits per heavy atom. The lowest BCUT2D eigenvalue weighted by Crippen LogP contribution is -2.20. The van der Waals surface area contributed by atoms with Gasteiger partial charge in [-0.15, -0.1) is 5.10 Å². The van der Waals surface area contributed by atoms with Gasteiger partial charge in [0.2, 0.25) is 5.90 Å². The van der Waals surface area contributed by atoms with Crippen molar-refractivity contribution in [2.24, 2.45) is 10.2 Å². The summed E-state index contributed by atoms with van der Waals surface area (Å²) in [5, 5.41) is 18.9. The first-order valence-corrected chi connectivity index (χ1v) is 6.04. The highest BCUT2D eigenvalue weighted by molar-refractivity contribution is 5.88. The molecule has 1 aromatic rings. The van der Waals surface area contributed by atoms with E-state index in [-0.39, 0.29) is 6.61 Å². The van der Waals surface area contributed by atoms with Crippen LogP contribution in [0.5, 0.6) is 5.75 Å². The van der Waals surface area contributed by atoms with Crippen molar-refractivity contribution >= 4 is 12.6 Å². The molecule has 0 fully saturated rings. The van der Waals surface area contributed by atoms with Crippen molar-refractivity contribution in [2.75, 3.05) is 19.7 Å². The van der Waals surface area contributed by atoms with Gasteiger partial charge in [-0.25, -0.2) is 0 Å². The average Bonchev–Trinajstić information content (AvgIpc) is 2.43. The maximum Gasteiger partial charge on any atom is 0.238 e. The fraction of sp³-hybridized carbons (Fsp3) is 0.286. The van der Waals surface area contributed by atoms with Crippen LogP contribution >= 0.6 is 0 Å². The Bertz CT molecular complexity index is 444. The minimum Gasteiger partial charge on any atom is -0.438 e. The first-order valence-electron chi connectivity index (χ1n) is 6.04. The molecule has 0 heterocycles. The number of nitrogens with zero attached hydrogens (tertiary/aromatic N) is 2. The van der Waals surface area contributed by atoms with E-state index in [2.05, 4.69) is 28.8 Å². The van der Waals surface area contributed by atoms with E-state index < -0.39 is 0 Å². The Kier molecular flexibility index (Phi) is 7.16. The highest BCUT2D eigenvalue weighted by atomic mass is 16.5. The van der Waals surface area contributed by atoms with E-state index in [1.165, 1.54) is 6.08 Å². The summed E-state index contributed by atoms with van der Waals surface area (Å²) in [6.07, 6.45) is 2.33. The Labute approximate surface area is 113 Å². The van der Waals surface area contributed by atoms with Crippen molar-refractivity contribution in [3.05, 3.63) is 42.5 Å². The van der Waals surface area contributed by atoms with Gasteiger partial charge in [-0.1, -0.05) is 18.7 Å². The molecule has 0 amide bonds. The molecule has 102 valence electrons. The zero-order valence-corrected chi connectivity index (χ0v) is 10.9. The molecule has 1 rings (SSSR count). The summed E-state index contributed by atoms with van der Waals surface area (Å²) in [6, 6.07) is 7.71. The van der Waals surface area contributed by atoms with Crippen molar-refractivity contribution in [3.8, 4) is 5.75 Å². The molecule has 2 N–H and O–H groups in total. The van der Waals surface area contributed by atoms with E-state index in [0.717, 1.165) is 18.5 Å². The van der Waals surface area contributed by atoms with Gasteiger partial charge in [0.1, 0.15) is 5.75 Å². The SMILES string of the molecule is C=C/C(=N\N=C)Oc1cccc(CCNCCO)c1. The van der Waals surface area contributed by atoms with Gasteiger partial charge in [-0.3, -0.25) is 0 Å². The number of hydrogen-bond donors (Lipinski definition) is 2. The van der Waals surface area contributed by atoms with Crippen molar-refractivity contribution in [2.45, 2.75) is 6.42 Å². The zero-order chi connectivity index (χ0) is 13.9. The third kappa shape index (κ3) is 5.94. The Hall–Kier alpha value is -1.98. The number of aliphatic hydroxyl groups excluding tert-OH is 1. The van der Waals surface area contributed by atoms with Gasteiger partial charge in [0.25, 0.3) is 0 Å². The molecule has 0 spiro atoms. The highest BCUT2D eigenvalue weighted by Gasteiger charge is 2.00. The number of benzene rings is 1. The standard InChI is InChI=1S/C14H19N3O2/c1-3-14(17-15-2)19-13-6-4-5-12(11-13)7-8-16-9-10-18/h3-6,11,16,18H,1-2,7-10H2/b17-14+. The first kappa shape index (κ1) is 15.1. The predicted octanol–water partition coefficient (Wildman–Crippen LogP) is 1.39. The average molecular weight is 261 g/mol. The van der Waals surface area contributed by atoms with E-state index in [9.17, 15) is 0 Å². The lowest BCUT2D eigenvalue weighted by Gasteiger charge is -2.07. The van der Waals surface area contributed by atoms with Crippen LogP contribution in [0, 0.1) is 0 Å². The van der Waals surface area contributed by atoms with Crippen LogP contribution in [0.2, 0.25) is 0 Å². The lowest BCUT2D eigenvalue weighted by molar-refractivity contribution is 0.293. The fourth-order valence-corrected chi connectivity index (χ4v) is 1.49. The number of rotatable bonds is 8. The first-order chi connectivity index (χ1) is 9.30. The lowest BCUT2D eigenvalue weighted by atomic mass is 10.1. The van der Waals surface area contributed by atoms with Gasteiger partial charge in [0.05, 0.1) is 6.61 Å². The van der Waals surface area contributed by atoms with Gasteiger partial charge in [0.15, 0.2) is 0 Å². The molecule has 0 bridgehead atoms. The molecule has 0 radical (unpaired) electrons. The van der Waals surface area contributed by atoms with Crippen LogP contribution in [-0.2, 0) is 6.42 Å². The van der Waals surface area contributed by atoms with Crippen LogP contribution in [0.4, 0.5) is 0 Å². The molecule has 0 aliphatic carbocycles. The van der Waals surface area contributed by atoms with Crippen molar-refractivity contribution in [1.29, 1.82) is 0 Å². The van der Waals surface area contributed by atoms with Crippen LogP contribution in [0.15, 0.2) is 47.1 Å². The van der Waals surface area contributed by atoms with Crippen LogP contribution in [0.3, 0.4) is 0 Å². The molecule has 0 aromatic heterocycles. The number of hydrogen-bond acceptors (Lipinski definition) is 5. The van der Waals surface area contributed by atoms with Crippen LogP contribution in [0.25, 0.3) is 0 Å². The summed E-state index contributed by atoms with van der Waals surface area (Å²) in [5.74, 6) is 0.993. The molecule has 1 aromatic carbocycles.